The highest BCUT2D eigenvalue weighted by Gasteiger charge is 2.18. The van der Waals surface area contributed by atoms with Crippen molar-refractivity contribution in [1.29, 1.82) is 0 Å². The molecule has 0 atom stereocenters. The molecule has 0 bridgehead atoms. The van der Waals surface area contributed by atoms with Crippen LogP contribution < -0.4 is 5.73 Å². The molecule has 0 aromatic heterocycles. The van der Waals surface area contributed by atoms with Gasteiger partial charge < -0.3 is 10.5 Å². The molecule has 1 aliphatic carbocycles. The highest BCUT2D eigenvalue weighted by Crippen LogP contribution is 2.23. The van der Waals surface area contributed by atoms with E-state index in [9.17, 15) is 0 Å². The second-order valence-electron chi connectivity index (χ2n) is 5.25. The maximum atomic E-state index is 5.70. The van der Waals surface area contributed by atoms with Gasteiger partial charge in [0.25, 0.3) is 0 Å². The standard InChI is InChI=1S/C12H25NO/c1-12(2,10-13)8-3-4-9-14-11-6-5-7-11/h11H,3-10,13H2,1-2H3. The summed E-state index contributed by atoms with van der Waals surface area (Å²) < 4.78 is 5.70. The lowest BCUT2D eigenvalue weighted by Gasteiger charge is -2.26. The Morgan fingerprint density at radius 3 is 2.50 bits per heavy atom. The van der Waals surface area contributed by atoms with Crippen molar-refractivity contribution in [3.8, 4) is 0 Å². The Morgan fingerprint density at radius 2 is 2.00 bits per heavy atom. The first-order chi connectivity index (χ1) is 6.64. The summed E-state index contributed by atoms with van der Waals surface area (Å²) in [6.07, 6.45) is 8.19. The van der Waals surface area contributed by atoms with Gasteiger partial charge in [-0.1, -0.05) is 20.3 Å². The zero-order valence-corrected chi connectivity index (χ0v) is 9.72. The van der Waals surface area contributed by atoms with Crippen molar-refractivity contribution in [2.75, 3.05) is 13.2 Å². The highest BCUT2D eigenvalue weighted by atomic mass is 16.5. The Morgan fingerprint density at radius 1 is 1.29 bits per heavy atom. The van der Waals surface area contributed by atoms with Crippen LogP contribution in [0.3, 0.4) is 0 Å². The van der Waals surface area contributed by atoms with Crippen molar-refractivity contribution < 1.29 is 4.74 Å². The maximum Gasteiger partial charge on any atom is 0.0575 e. The minimum atomic E-state index is 0.316. The van der Waals surface area contributed by atoms with Crippen LogP contribution in [0, 0.1) is 5.41 Å². The van der Waals surface area contributed by atoms with Crippen LogP contribution in [0.25, 0.3) is 0 Å². The molecule has 2 N–H and O–H groups in total. The van der Waals surface area contributed by atoms with Gasteiger partial charge in [0.1, 0.15) is 0 Å². The Labute approximate surface area is 88.2 Å². The van der Waals surface area contributed by atoms with E-state index >= 15 is 0 Å². The van der Waals surface area contributed by atoms with E-state index in [1.165, 1.54) is 38.5 Å². The molecule has 0 aromatic rings. The summed E-state index contributed by atoms with van der Waals surface area (Å²) in [7, 11) is 0. The average molecular weight is 199 g/mol. The summed E-state index contributed by atoms with van der Waals surface area (Å²) in [6, 6.07) is 0. The van der Waals surface area contributed by atoms with Gasteiger partial charge in [-0.05, 0) is 44.1 Å². The molecule has 1 fully saturated rings. The maximum absolute atomic E-state index is 5.70. The molecule has 1 rings (SSSR count). The van der Waals surface area contributed by atoms with E-state index in [2.05, 4.69) is 13.8 Å². The molecule has 0 aromatic carbocycles. The number of nitrogens with two attached hydrogens (primary N) is 1. The molecule has 0 amide bonds. The van der Waals surface area contributed by atoms with E-state index in [4.69, 9.17) is 10.5 Å². The molecule has 14 heavy (non-hydrogen) atoms. The minimum Gasteiger partial charge on any atom is -0.378 e. The predicted octanol–water partition coefficient (Wildman–Crippen LogP) is 2.71. The first kappa shape index (κ1) is 12.0. The van der Waals surface area contributed by atoms with Crippen LogP contribution in [0.15, 0.2) is 0 Å². The average Bonchev–Trinajstić information content (AvgIpc) is 2.08. The van der Waals surface area contributed by atoms with Crippen molar-refractivity contribution in [1.82, 2.24) is 0 Å². The fourth-order valence-electron chi connectivity index (χ4n) is 1.60. The van der Waals surface area contributed by atoms with Gasteiger partial charge in [0.05, 0.1) is 6.10 Å². The minimum absolute atomic E-state index is 0.316. The Kier molecular flexibility index (Phi) is 4.90. The quantitative estimate of drug-likeness (QED) is 0.640. The molecular formula is C12H25NO. The second kappa shape index (κ2) is 5.72. The van der Waals surface area contributed by atoms with Crippen LogP contribution in [-0.4, -0.2) is 19.3 Å². The topological polar surface area (TPSA) is 35.2 Å². The molecule has 0 radical (unpaired) electrons. The molecule has 0 heterocycles. The summed E-state index contributed by atoms with van der Waals surface area (Å²) in [5.41, 5.74) is 5.98. The molecule has 0 aliphatic heterocycles. The normalized spacial score (nSPS) is 18.2. The molecule has 2 nitrogen and oxygen atoms in total. The van der Waals surface area contributed by atoms with E-state index < -0.39 is 0 Å². The van der Waals surface area contributed by atoms with Crippen molar-refractivity contribution in [3.63, 3.8) is 0 Å². The molecule has 84 valence electrons. The van der Waals surface area contributed by atoms with E-state index in [0.29, 0.717) is 11.5 Å². The van der Waals surface area contributed by atoms with Gasteiger partial charge in [0, 0.05) is 6.61 Å². The van der Waals surface area contributed by atoms with Crippen LogP contribution in [-0.2, 0) is 4.74 Å². The first-order valence-electron chi connectivity index (χ1n) is 5.96. The van der Waals surface area contributed by atoms with Gasteiger partial charge in [-0.25, -0.2) is 0 Å². The fraction of sp³-hybridized carbons (Fsp3) is 1.00. The van der Waals surface area contributed by atoms with Crippen molar-refractivity contribution >= 4 is 0 Å². The van der Waals surface area contributed by atoms with E-state index in [1.54, 1.807) is 0 Å². The smallest absolute Gasteiger partial charge is 0.0575 e. The second-order valence-corrected chi connectivity index (χ2v) is 5.25. The number of rotatable bonds is 7. The molecule has 1 aliphatic rings. The lowest BCUT2D eigenvalue weighted by Crippen LogP contribution is -2.24. The van der Waals surface area contributed by atoms with Gasteiger partial charge >= 0.3 is 0 Å². The van der Waals surface area contributed by atoms with Crippen molar-refractivity contribution in [2.45, 2.75) is 58.5 Å². The third-order valence-electron chi connectivity index (χ3n) is 3.21. The van der Waals surface area contributed by atoms with E-state index in [-0.39, 0.29) is 0 Å². The number of ether oxygens (including phenoxy) is 1. The summed E-state index contributed by atoms with van der Waals surface area (Å²) >= 11 is 0. The highest BCUT2D eigenvalue weighted by molar-refractivity contribution is 4.70. The largest absolute Gasteiger partial charge is 0.378 e. The summed E-state index contributed by atoms with van der Waals surface area (Å²) in [5, 5.41) is 0. The zero-order valence-electron chi connectivity index (χ0n) is 9.72. The van der Waals surface area contributed by atoms with Crippen LogP contribution >= 0.6 is 0 Å². The van der Waals surface area contributed by atoms with Gasteiger partial charge in [-0.15, -0.1) is 0 Å². The van der Waals surface area contributed by atoms with Crippen LogP contribution in [0.1, 0.15) is 52.4 Å². The molecule has 0 spiro atoms. The summed E-state index contributed by atoms with van der Waals surface area (Å²) in [4.78, 5) is 0. The lowest BCUT2D eigenvalue weighted by atomic mass is 9.87. The third kappa shape index (κ3) is 4.43. The van der Waals surface area contributed by atoms with Crippen LogP contribution in [0.2, 0.25) is 0 Å². The summed E-state index contributed by atoms with van der Waals surface area (Å²) in [6.45, 7) is 6.21. The Bertz CT molecular complexity index is 152. The fourth-order valence-corrected chi connectivity index (χ4v) is 1.60. The van der Waals surface area contributed by atoms with Gasteiger partial charge in [0.15, 0.2) is 0 Å². The summed E-state index contributed by atoms with van der Waals surface area (Å²) in [5.74, 6) is 0. The number of hydrogen-bond donors (Lipinski definition) is 1. The molecule has 2 heteroatoms. The molecule has 0 unspecified atom stereocenters. The molecule has 1 saturated carbocycles. The molecular weight excluding hydrogens is 174 g/mol. The van der Waals surface area contributed by atoms with Crippen molar-refractivity contribution in [2.24, 2.45) is 11.1 Å². The number of hydrogen-bond acceptors (Lipinski definition) is 2. The first-order valence-corrected chi connectivity index (χ1v) is 5.96. The van der Waals surface area contributed by atoms with Gasteiger partial charge in [0.2, 0.25) is 0 Å². The van der Waals surface area contributed by atoms with Crippen LogP contribution in [0.4, 0.5) is 0 Å². The number of unbranched alkanes of at least 4 members (excludes halogenated alkanes) is 1. The van der Waals surface area contributed by atoms with E-state index in [0.717, 1.165) is 13.2 Å². The van der Waals surface area contributed by atoms with Gasteiger partial charge in [-0.2, -0.15) is 0 Å². The Hall–Kier alpha value is -0.0800. The van der Waals surface area contributed by atoms with Crippen LogP contribution in [0.5, 0.6) is 0 Å². The van der Waals surface area contributed by atoms with E-state index in [1.807, 2.05) is 0 Å². The zero-order chi connectivity index (χ0) is 10.4. The Balaban J connectivity index is 1.88. The van der Waals surface area contributed by atoms with Gasteiger partial charge in [-0.3, -0.25) is 0 Å². The predicted molar refractivity (Wildman–Crippen MR) is 60.3 cm³/mol. The third-order valence-corrected chi connectivity index (χ3v) is 3.21. The lowest BCUT2D eigenvalue weighted by molar-refractivity contribution is 0.00000367. The SMILES string of the molecule is CC(C)(CN)CCCCOC1CCC1. The monoisotopic (exact) mass is 199 g/mol. The molecule has 0 saturated heterocycles. The van der Waals surface area contributed by atoms with Crippen molar-refractivity contribution in [3.05, 3.63) is 0 Å².